The maximum absolute atomic E-state index is 12.5. The molecule has 0 aliphatic carbocycles. The highest BCUT2D eigenvalue weighted by Crippen LogP contribution is 2.19. The lowest BCUT2D eigenvalue weighted by molar-refractivity contribution is -0.143. The summed E-state index contributed by atoms with van der Waals surface area (Å²) in [6, 6.07) is -0.623. The van der Waals surface area contributed by atoms with E-state index in [1.807, 2.05) is 6.08 Å². The van der Waals surface area contributed by atoms with Gasteiger partial charge in [-0.2, -0.15) is 0 Å². The van der Waals surface area contributed by atoms with Gasteiger partial charge in [0.15, 0.2) is 0 Å². The van der Waals surface area contributed by atoms with Crippen LogP contribution in [0.4, 0.5) is 0 Å². The zero-order valence-electron chi connectivity index (χ0n) is 52.5. The molecule has 0 spiro atoms. The van der Waals surface area contributed by atoms with Gasteiger partial charge in [0.05, 0.1) is 25.4 Å². The molecule has 0 aromatic rings. The average Bonchev–Trinajstić information content (AvgIpc) is 3.43. The summed E-state index contributed by atoms with van der Waals surface area (Å²) in [5.41, 5.74) is 0. The molecule has 0 fully saturated rings. The lowest BCUT2D eigenvalue weighted by Gasteiger charge is -2.20. The van der Waals surface area contributed by atoms with Crippen molar-refractivity contribution in [1.29, 1.82) is 0 Å². The van der Waals surface area contributed by atoms with Gasteiger partial charge in [-0.1, -0.05) is 373 Å². The van der Waals surface area contributed by atoms with Crippen LogP contribution in [0.5, 0.6) is 0 Å². The number of unbranched alkanes of at least 4 members (excludes halogenated alkanes) is 56. The van der Waals surface area contributed by atoms with Crippen molar-refractivity contribution in [2.45, 2.75) is 418 Å². The van der Waals surface area contributed by atoms with E-state index in [1.54, 1.807) is 6.08 Å². The fourth-order valence-corrected chi connectivity index (χ4v) is 11.4. The zero-order chi connectivity index (χ0) is 55.7. The maximum Gasteiger partial charge on any atom is 0.305 e. The second kappa shape index (κ2) is 67.1. The molecule has 0 saturated heterocycles. The van der Waals surface area contributed by atoms with E-state index in [1.165, 1.54) is 340 Å². The van der Waals surface area contributed by atoms with E-state index in [0.717, 1.165) is 38.5 Å². The number of esters is 1. The SMILES string of the molecule is CCCCCCCCCCCCCCC/C=C/C(O)C(CO)NC(=O)CCCCCCCCCCCCCCCCCCCCCCCCCCCCCCCCCOC(=O)CCCCCCCCCCCCCCCC. The Morgan fingerprint density at radius 2 is 0.597 bits per heavy atom. The minimum atomic E-state index is -0.840. The molecule has 458 valence electrons. The summed E-state index contributed by atoms with van der Waals surface area (Å²) < 4.78 is 5.50. The Morgan fingerprint density at radius 3 is 0.883 bits per heavy atom. The highest BCUT2D eigenvalue weighted by atomic mass is 16.5. The highest BCUT2D eigenvalue weighted by Gasteiger charge is 2.18. The number of aliphatic hydroxyl groups is 2. The van der Waals surface area contributed by atoms with Gasteiger partial charge in [-0.05, 0) is 32.1 Å². The molecule has 6 nitrogen and oxygen atoms in total. The van der Waals surface area contributed by atoms with Gasteiger partial charge in [0, 0.05) is 12.8 Å². The normalized spacial score (nSPS) is 12.5. The maximum atomic E-state index is 12.5. The first-order valence-electron chi connectivity index (χ1n) is 35.5. The van der Waals surface area contributed by atoms with Gasteiger partial charge < -0.3 is 20.3 Å². The first-order valence-corrected chi connectivity index (χ1v) is 35.5. The van der Waals surface area contributed by atoms with Crippen LogP contribution in [0.25, 0.3) is 0 Å². The van der Waals surface area contributed by atoms with Crippen molar-refractivity contribution in [2.75, 3.05) is 13.2 Å². The summed E-state index contributed by atoms with van der Waals surface area (Å²) >= 11 is 0. The van der Waals surface area contributed by atoms with Crippen LogP contribution < -0.4 is 5.32 Å². The third-order valence-electron chi connectivity index (χ3n) is 16.8. The van der Waals surface area contributed by atoms with Crippen LogP contribution in [-0.2, 0) is 14.3 Å². The number of carbonyl (C=O) groups is 2. The number of carbonyl (C=O) groups excluding carboxylic acids is 2. The molecule has 77 heavy (non-hydrogen) atoms. The molecule has 0 heterocycles. The summed E-state index contributed by atoms with van der Waals surface area (Å²) in [5, 5.41) is 23.2. The molecule has 2 atom stereocenters. The van der Waals surface area contributed by atoms with Crippen molar-refractivity contribution in [3.05, 3.63) is 12.2 Å². The van der Waals surface area contributed by atoms with Gasteiger partial charge >= 0.3 is 5.97 Å². The third kappa shape index (κ3) is 63.6. The van der Waals surface area contributed by atoms with E-state index in [0.29, 0.717) is 19.4 Å². The van der Waals surface area contributed by atoms with Gasteiger partial charge in [-0.15, -0.1) is 0 Å². The molecular formula is C71H139NO5. The van der Waals surface area contributed by atoms with Crippen LogP contribution in [0.15, 0.2) is 12.2 Å². The molecule has 0 aliphatic heterocycles. The first kappa shape index (κ1) is 75.6. The Kier molecular flexibility index (Phi) is 65.9. The summed E-state index contributed by atoms with van der Waals surface area (Å²) in [5.74, 6) is -0.0373. The van der Waals surface area contributed by atoms with Crippen LogP contribution in [0.3, 0.4) is 0 Å². The third-order valence-corrected chi connectivity index (χ3v) is 16.8. The number of hydrogen-bond donors (Lipinski definition) is 3. The molecular weight excluding hydrogens is 947 g/mol. The van der Waals surface area contributed by atoms with E-state index in [2.05, 4.69) is 19.2 Å². The molecule has 2 unspecified atom stereocenters. The summed E-state index contributed by atoms with van der Waals surface area (Å²) in [7, 11) is 0. The Bertz CT molecular complexity index is 1160. The number of allylic oxidation sites excluding steroid dienone is 1. The molecule has 3 N–H and O–H groups in total. The standard InChI is InChI=1S/C71H139NO5/c1-3-5-7-9-11-13-15-17-36-39-43-47-51-55-59-63-69(74)68(67-73)72-70(75)64-60-56-52-48-44-40-37-34-32-30-28-26-24-22-20-19-21-23-25-27-29-31-33-35-38-42-46-50-54-58-62-66-77-71(76)65-61-57-53-49-45-41-18-16-14-12-10-8-6-4-2/h59,63,68-69,73-74H,3-58,60-62,64-67H2,1-2H3,(H,72,75)/b63-59+. The molecule has 0 aromatic heterocycles. The summed E-state index contributed by atoms with van der Waals surface area (Å²) in [6.45, 7) is 4.95. The van der Waals surface area contributed by atoms with Crippen LogP contribution in [-0.4, -0.2) is 47.4 Å². The minimum absolute atomic E-state index is 0.0235. The van der Waals surface area contributed by atoms with Crippen molar-refractivity contribution in [2.24, 2.45) is 0 Å². The van der Waals surface area contributed by atoms with E-state index in [-0.39, 0.29) is 18.5 Å². The van der Waals surface area contributed by atoms with Crippen LogP contribution in [0.1, 0.15) is 406 Å². The Labute approximate surface area is 482 Å². The molecule has 0 saturated carbocycles. The number of aliphatic hydroxyl groups excluding tert-OH is 2. The van der Waals surface area contributed by atoms with Gasteiger partial charge in [0.25, 0.3) is 0 Å². The largest absolute Gasteiger partial charge is 0.466 e. The smallest absolute Gasteiger partial charge is 0.305 e. The summed E-state index contributed by atoms with van der Waals surface area (Å²) in [6.07, 6.45) is 83.0. The monoisotopic (exact) mass is 1090 g/mol. The van der Waals surface area contributed by atoms with E-state index in [4.69, 9.17) is 4.74 Å². The number of rotatable bonds is 67. The predicted octanol–water partition coefficient (Wildman–Crippen LogP) is 22.8. The van der Waals surface area contributed by atoms with Crippen molar-refractivity contribution in [3.63, 3.8) is 0 Å². The molecule has 0 radical (unpaired) electrons. The van der Waals surface area contributed by atoms with Crippen molar-refractivity contribution >= 4 is 11.9 Å². The fourth-order valence-electron chi connectivity index (χ4n) is 11.4. The number of nitrogens with one attached hydrogen (secondary N) is 1. The Balaban J connectivity index is 3.32. The Morgan fingerprint density at radius 1 is 0.351 bits per heavy atom. The molecule has 0 aliphatic rings. The molecule has 6 heteroatoms. The van der Waals surface area contributed by atoms with E-state index < -0.39 is 12.1 Å². The summed E-state index contributed by atoms with van der Waals surface area (Å²) in [4.78, 5) is 24.5. The van der Waals surface area contributed by atoms with Crippen LogP contribution in [0.2, 0.25) is 0 Å². The lowest BCUT2D eigenvalue weighted by atomic mass is 10.0. The molecule has 0 aromatic carbocycles. The average molecular weight is 1090 g/mol. The number of ether oxygens (including phenoxy) is 1. The molecule has 0 rings (SSSR count). The molecule has 1 amide bonds. The number of amides is 1. The van der Waals surface area contributed by atoms with Gasteiger partial charge in [-0.3, -0.25) is 9.59 Å². The van der Waals surface area contributed by atoms with Crippen molar-refractivity contribution < 1.29 is 24.5 Å². The second-order valence-corrected chi connectivity index (χ2v) is 24.6. The Hall–Kier alpha value is -1.40. The zero-order valence-corrected chi connectivity index (χ0v) is 52.5. The van der Waals surface area contributed by atoms with Gasteiger partial charge in [-0.25, -0.2) is 0 Å². The first-order chi connectivity index (χ1) is 38.0. The van der Waals surface area contributed by atoms with Gasteiger partial charge in [0.1, 0.15) is 0 Å². The molecule has 0 bridgehead atoms. The van der Waals surface area contributed by atoms with Crippen LogP contribution >= 0.6 is 0 Å². The van der Waals surface area contributed by atoms with E-state index >= 15 is 0 Å². The minimum Gasteiger partial charge on any atom is -0.466 e. The number of hydrogen-bond acceptors (Lipinski definition) is 5. The van der Waals surface area contributed by atoms with Crippen molar-refractivity contribution in [1.82, 2.24) is 5.32 Å². The quantitative estimate of drug-likeness (QED) is 0.0320. The lowest BCUT2D eigenvalue weighted by Crippen LogP contribution is -2.45. The topological polar surface area (TPSA) is 95.9 Å². The van der Waals surface area contributed by atoms with Gasteiger partial charge in [0.2, 0.25) is 5.91 Å². The van der Waals surface area contributed by atoms with E-state index in [9.17, 15) is 19.8 Å². The second-order valence-electron chi connectivity index (χ2n) is 24.6. The fraction of sp³-hybridized carbons (Fsp3) is 0.944. The van der Waals surface area contributed by atoms with Crippen LogP contribution in [0, 0.1) is 0 Å². The predicted molar refractivity (Wildman–Crippen MR) is 338 cm³/mol. The van der Waals surface area contributed by atoms with Crippen molar-refractivity contribution in [3.8, 4) is 0 Å². The highest BCUT2D eigenvalue weighted by molar-refractivity contribution is 5.76.